The summed E-state index contributed by atoms with van der Waals surface area (Å²) >= 11 is 0. The van der Waals surface area contributed by atoms with Gasteiger partial charge in [-0.3, -0.25) is 0 Å². The summed E-state index contributed by atoms with van der Waals surface area (Å²) in [5.41, 5.74) is 0. The largest absolute Gasteiger partial charge is 0.392 e. The third-order valence-corrected chi connectivity index (χ3v) is 1.19. The van der Waals surface area contributed by atoms with Crippen LogP contribution in [0.3, 0.4) is 0 Å². The van der Waals surface area contributed by atoms with E-state index in [1.165, 1.54) is 0 Å². The Kier molecular flexibility index (Phi) is 1.65. The Bertz CT molecular complexity index is 50.0. The fourth-order valence-corrected chi connectivity index (χ4v) is 0.770. The number of aliphatic hydroxyl groups excluding tert-OH is 1. The van der Waals surface area contributed by atoms with Crippen LogP contribution < -0.4 is 5.32 Å². The highest BCUT2D eigenvalue weighted by Gasteiger charge is 2.07. The molecule has 0 amide bonds. The minimum absolute atomic E-state index is 0.131. The van der Waals surface area contributed by atoms with Gasteiger partial charge in [0.2, 0.25) is 0 Å². The second-order valence-electron chi connectivity index (χ2n) is 1.93. The first-order valence-corrected chi connectivity index (χ1v) is 2.71. The van der Waals surface area contributed by atoms with Gasteiger partial charge in [-0.2, -0.15) is 0 Å². The Balaban J connectivity index is 2.12. The molecule has 1 rings (SSSR count). The quantitative estimate of drug-likeness (QED) is 0.447. The van der Waals surface area contributed by atoms with Gasteiger partial charge in [-0.15, -0.1) is 0 Å². The van der Waals surface area contributed by atoms with Crippen molar-refractivity contribution in [1.82, 2.24) is 5.32 Å². The third kappa shape index (κ3) is 1.45. The van der Waals surface area contributed by atoms with Crippen LogP contribution >= 0.6 is 0 Å². The van der Waals surface area contributed by atoms with Crippen LogP contribution in [0.15, 0.2) is 0 Å². The lowest BCUT2D eigenvalue weighted by atomic mass is 10.1. The van der Waals surface area contributed by atoms with Gasteiger partial charge < -0.3 is 5.11 Å². The Labute approximate surface area is 43.5 Å². The molecular weight excluding hydrogens is 90.1 g/mol. The molecule has 0 saturated carbocycles. The number of hydrogen-bond acceptors (Lipinski definition) is 1. The van der Waals surface area contributed by atoms with Crippen LogP contribution in [0.4, 0.5) is 0 Å². The zero-order valence-corrected chi connectivity index (χ0v) is 4.30. The van der Waals surface area contributed by atoms with Crippen molar-refractivity contribution < 1.29 is 5.11 Å². The van der Waals surface area contributed by atoms with Gasteiger partial charge in [0.25, 0.3) is 0 Å². The number of rotatable bonds is 0. The molecule has 2 heteroatoms. The normalized spacial score (nSPS) is 33.0. The average Bonchev–Trinajstić information content (AvgIpc) is 1.69. The molecule has 0 aromatic carbocycles. The second kappa shape index (κ2) is 2.28. The van der Waals surface area contributed by atoms with Crippen molar-refractivity contribution >= 4 is 0 Å². The van der Waals surface area contributed by atoms with E-state index in [1.807, 2.05) is 0 Å². The molecule has 1 aliphatic rings. The zero-order chi connectivity index (χ0) is 5.11. The SMILES string of the molecule is O[C@H]1CCC[N]C1. The van der Waals surface area contributed by atoms with E-state index < -0.39 is 0 Å². The summed E-state index contributed by atoms with van der Waals surface area (Å²) in [4.78, 5) is 0. The molecule has 2 nitrogen and oxygen atoms in total. The van der Waals surface area contributed by atoms with Crippen molar-refractivity contribution in [2.24, 2.45) is 0 Å². The first-order chi connectivity index (χ1) is 3.39. The average molecular weight is 100 g/mol. The highest BCUT2D eigenvalue weighted by molar-refractivity contribution is 4.65. The van der Waals surface area contributed by atoms with Crippen LogP contribution in [0, 0.1) is 0 Å². The lowest BCUT2D eigenvalue weighted by Gasteiger charge is -2.14. The van der Waals surface area contributed by atoms with Crippen molar-refractivity contribution in [3.05, 3.63) is 0 Å². The lowest BCUT2D eigenvalue weighted by Crippen LogP contribution is -2.27. The van der Waals surface area contributed by atoms with Crippen LogP contribution in [0.25, 0.3) is 0 Å². The molecule has 1 heterocycles. The Morgan fingerprint density at radius 2 is 2.43 bits per heavy atom. The monoisotopic (exact) mass is 100 g/mol. The summed E-state index contributed by atoms with van der Waals surface area (Å²) in [5, 5.41) is 12.8. The number of aliphatic hydroxyl groups is 1. The molecule has 1 atom stereocenters. The molecule has 0 aromatic rings. The van der Waals surface area contributed by atoms with Gasteiger partial charge >= 0.3 is 0 Å². The minimum Gasteiger partial charge on any atom is -0.392 e. The smallest absolute Gasteiger partial charge is 0.0681 e. The van der Waals surface area contributed by atoms with E-state index in [-0.39, 0.29) is 6.10 Å². The van der Waals surface area contributed by atoms with E-state index in [9.17, 15) is 0 Å². The highest BCUT2D eigenvalue weighted by atomic mass is 16.3. The molecule has 1 aliphatic heterocycles. The maximum atomic E-state index is 8.82. The third-order valence-electron chi connectivity index (χ3n) is 1.19. The first-order valence-electron chi connectivity index (χ1n) is 2.71. The molecule has 0 aliphatic carbocycles. The fourth-order valence-electron chi connectivity index (χ4n) is 0.770. The summed E-state index contributed by atoms with van der Waals surface area (Å²) < 4.78 is 0. The maximum absolute atomic E-state index is 8.82. The second-order valence-corrected chi connectivity index (χ2v) is 1.93. The van der Waals surface area contributed by atoms with Crippen LogP contribution in [0.2, 0.25) is 0 Å². The lowest BCUT2D eigenvalue weighted by molar-refractivity contribution is 0.141. The molecule has 1 N–H and O–H groups in total. The number of hydrogen-bond donors (Lipinski definition) is 1. The molecule has 1 fully saturated rings. The van der Waals surface area contributed by atoms with Crippen molar-refractivity contribution in [1.29, 1.82) is 0 Å². The predicted octanol–water partition coefficient (Wildman–Crippen LogP) is -0.254. The van der Waals surface area contributed by atoms with Crippen LogP contribution in [-0.4, -0.2) is 24.3 Å². The Morgan fingerprint density at radius 1 is 1.57 bits per heavy atom. The van der Waals surface area contributed by atoms with Crippen molar-refractivity contribution in [3.63, 3.8) is 0 Å². The van der Waals surface area contributed by atoms with Gasteiger partial charge in [0, 0.05) is 13.1 Å². The molecule has 1 saturated heterocycles. The van der Waals surface area contributed by atoms with Gasteiger partial charge in [0.1, 0.15) is 0 Å². The molecular formula is C5H10NO. The molecule has 0 bridgehead atoms. The summed E-state index contributed by atoms with van der Waals surface area (Å²) in [6.07, 6.45) is 1.89. The van der Waals surface area contributed by atoms with Crippen LogP contribution in [-0.2, 0) is 0 Å². The van der Waals surface area contributed by atoms with Gasteiger partial charge in [-0.25, -0.2) is 5.32 Å². The summed E-state index contributed by atoms with van der Waals surface area (Å²) in [6.45, 7) is 1.62. The predicted molar refractivity (Wildman–Crippen MR) is 27.1 cm³/mol. The molecule has 1 radical (unpaired) electrons. The van der Waals surface area contributed by atoms with Gasteiger partial charge in [-0.05, 0) is 12.8 Å². The molecule has 0 spiro atoms. The van der Waals surface area contributed by atoms with Gasteiger partial charge in [0.05, 0.1) is 6.10 Å². The fraction of sp³-hybridized carbons (Fsp3) is 1.00. The first kappa shape index (κ1) is 5.06. The Hall–Kier alpha value is -0.0800. The zero-order valence-electron chi connectivity index (χ0n) is 4.30. The maximum Gasteiger partial charge on any atom is 0.0681 e. The summed E-state index contributed by atoms with van der Waals surface area (Å²) in [6, 6.07) is 0. The summed E-state index contributed by atoms with van der Waals surface area (Å²) in [5.74, 6) is 0. The molecule has 0 aromatic heterocycles. The van der Waals surface area contributed by atoms with Crippen molar-refractivity contribution in [2.75, 3.05) is 13.1 Å². The van der Waals surface area contributed by atoms with Crippen molar-refractivity contribution in [3.8, 4) is 0 Å². The Morgan fingerprint density at radius 3 is 2.71 bits per heavy atom. The van der Waals surface area contributed by atoms with E-state index in [4.69, 9.17) is 5.11 Å². The molecule has 41 valence electrons. The van der Waals surface area contributed by atoms with Crippen LogP contribution in [0.1, 0.15) is 12.8 Å². The minimum atomic E-state index is -0.131. The topological polar surface area (TPSA) is 34.3 Å². The molecule has 0 unspecified atom stereocenters. The summed E-state index contributed by atoms with van der Waals surface area (Å²) in [7, 11) is 0. The van der Waals surface area contributed by atoms with E-state index in [0.717, 1.165) is 19.4 Å². The van der Waals surface area contributed by atoms with E-state index in [2.05, 4.69) is 5.32 Å². The highest BCUT2D eigenvalue weighted by Crippen LogP contribution is 2.00. The van der Waals surface area contributed by atoms with Crippen molar-refractivity contribution in [2.45, 2.75) is 18.9 Å². The van der Waals surface area contributed by atoms with Gasteiger partial charge in [0.15, 0.2) is 0 Å². The van der Waals surface area contributed by atoms with E-state index >= 15 is 0 Å². The van der Waals surface area contributed by atoms with E-state index in [1.54, 1.807) is 0 Å². The van der Waals surface area contributed by atoms with Gasteiger partial charge in [-0.1, -0.05) is 0 Å². The number of nitrogens with zero attached hydrogens (tertiary/aromatic N) is 1. The standard InChI is InChI=1S/C5H10NO/c7-5-2-1-3-6-4-5/h5,7H,1-4H2/t5-/m0/s1. The molecule has 7 heavy (non-hydrogen) atoms. The van der Waals surface area contributed by atoms with Crippen LogP contribution in [0.5, 0.6) is 0 Å². The number of piperidine rings is 1. The van der Waals surface area contributed by atoms with E-state index in [0.29, 0.717) is 6.54 Å².